The minimum absolute atomic E-state index is 1.06. The van der Waals surface area contributed by atoms with E-state index in [4.69, 9.17) is 0 Å². The first-order valence-corrected chi connectivity index (χ1v) is 5.21. The van der Waals surface area contributed by atoms with E-state index in [1.165, 1.54) is 11.1 Å². The third-order valence-electron chi connectivity index (χ3n) is 2.10. The lowest BCUT2D eigenvalue weighted by molar-refractivity contribution is 1.61. The summed E-state index contributed by atoms with van der Waals surface area (Å²) in [5.41, 5.74) is 3.54. The maximum atomic E-state index is 3.19. The second-order valence-electron chi connectivity index (χ2n) is 3.04. The maximum absolute atomic E-state index is 3.19. The average molecular weight is 248 g/mol. The van der Waals surface area contributed by atoms with Crippen molar-refractivity contribution in [3.63, 3.8) is 0 Å². The largest absolute Gasteiger partial charge is 0.322 e. The number of rotatable bonds is 2. The predicted molar refractivity (Wildman–Crippen MR) is 64.4 cm³/mol. The van der Waals surface area contributed by atoms with Crippen LogP contribution in [-0.4, -0.2) is 0 Å². The summed E-state index contributed by atoms with van der Waals surface area (Å²) in [6.07, 6.45) is 0. The zero-order valence-electron chi connectivity index (χ0n) is 7.57. The van der Waals surface area contributed by atoms with E-state index in [-0.39, 0.29) is 0 Å². The fourth-order valence-electron chi connectivity index (χ4n) is 1.36. The number of halogens is 1. The molecule has 0 saturated heterocycles. The quantitative estimate of drug-likeness (QED) is 0.789. The normalized spacial score (nSPS) is 9.79. The van der Waals surface area contributed by atoms with Gasteiger partial charge in [-0.15, -0.1) is 0 Å². The summed E-state index contributed by atoms with van der Waals surface area (Å²) >= 11 is 3.19. The van der Waals surface area contributed by atoms with E-state index in [0.717, 1.165) is 5.69 Å². The van der Waals surface area contributed by atoms with Gasteiger partial charge in [0.25, 0.3) is 0 Å². The Labute approximate surface area is 92.1 Å². The fourth-order valence-corrected chi connectivity index (χ4v) is 1.62. The Balaban J connectivity index is 2.34. The van der Waals surface area contributed by atoms with Crippen molar-refractivity contribution in [3.05, 3.63) is 54.6 Å². The van der Waals surface area contributed by atoms with Gasteiger partial charge in [-0.25, -0.2) is 0 Å². The smallest absolute Gasteiger partial charge is 0.0465 e. The lowest BCUT2D eigenvalue weighted by Crippen LogP contribution is -1.80. The fraction of sp³-hybridized carbons (Fsp3) is 0. The summed E-state index contributed by atoms with van der Waals surface area (Å²) in [6, 6.07) is 18.6. The van der Waals surface area contributed by atoms with Gasteiger partial charge in [0.1, 0.15) is 0 Å². The molecule has 0 bridgehead atoms. The van der Waals surface area contributed by atoms with Gasteiger partial charge in [-0.2, -0.15) is 0 Å². The van der Waals surface area contributed by atoms with Gasteiger partial charge in [-0.3, -0.25) is 0 Å². The van der Waals surface area contributed by atoms with Crippen LogP contribution in [0.5, 0.6) is 0 Å². The van der Waals surface area contributed by atoms with Crippen molar-refractivity contribution in [2.45, 2.75) is 0 Å². The molecule has 2 heteroatoms. The molecular formula is C12H10BrN. The molecule has 2 rings (SSSR count). The van der Waals surface area contributed by atoms with Gasteiger partial charge in [-0.05, 0) is 23.3 Å². The van der Waals surface area contributed by atoms with E-state index < -0.39 is 0 Å². The third-order valence-corrected chi connectivity index (χ3v) is 2.56. The van der Waals surface area contributed by atoms with E-state index in [9.17, 15) is 0 Å². The Bertz CT molecular complexity index is 394. The molecule has 0 spiro atoms. The lowest BCUT2D eigenvalue weighted by atomic mass is 10.1. The van der Waals surface area contributed by atoms with Crippen LogP contribution in [0.25, 0.3) is 11.1 Å². The summed E-state index contributed by atoms with van der Waals surface area (Å²) in [5, 5.41) is 0. The van der Waals surface area contributed by atoms with E-state index in [2.05, 4.69) is 44.8 Å². The Morgan fingerprint density at radius 3 is 1.86 bits per heavy atom. The van der Waals surface area contributed by atoms with E-state index >= 15 is 0 Å². The summed E-state index contributed by atoms with van der Waals surface area (Å²) in [6.45, 7) is 0. The minimum Gasteiger partial charge on any atom is -0.322 e. The monoisotopic (exact) mass is 247 g/mol. The first-order chi connectivity index (χ1) is 6.90. The summed E-state index contributed by atoms with van der Waals surface area (Å²) in [4.78, 5) is 0. The lowest BCUT2D eigenvalue weighted by Gasteiger charge is -2.02. The van der Waals surface area contributed by atoms with Crippen LogP contribution in [-0.2, 0) is 0 Å². The molecule has 0 aromatic heterocycles. The molecule has 0 aliphatic heterocycles. The van der Waals surface area contributed by atoms with Crippen molar-refractivity contribution in [2.75, 3.05) is 4.34 Å². The van der Waals surface area contributed by atoms with Crippen molar-refractivity contribution in [1.82, 2.24) is 0 Å². The van der Waals surface area contributed by atoms with Gasteiger partial charge >= 0.3 is 0 Å². The Kier molecular flexibility index (Phi) is 2.84. The Morgan fingerprint density at radius 2 is 1.29 bits per heavy atom. The molecule has 2 aromatic rings. The van der Waals surface area contributed by atoms with Crippen LogP contribution in [0, 0.1) is 0 Å². The van der Waals surface area contributed by atoms with Crippen molar-refractivity contribution >= 4 is 21.8 Å². The second-order valence-corrected chi connectivity index (χ2v) is 3.43. The van der Waals surface area contributed by atoms with E-state index in [0.29, 0.717) is 0 Å². The highest BCUT2D eigenvalue weighted by molar-refractivity contribution is 9.10. The topological polar surface area (TPSA) is 12.0 Å². The molecule has 0 atom stereocenters. The Morgan fingerprint density at radius 1 is 0.714 bits per heavy atom. The molecular weight excluding hydrogens is 238 g/mol. The minimum atomic E-state index is 1.06. The molecule has 1 N–H and O–H groups in total. The number of hydrogen-bond acceptors (Lipinski definition) is 1. The van der Waals surface area contributed by atoms with Gasteiger partial charge in [-0.1, -0.05) is 42.5 Å². The van der Waals surface area contributed by atoms with Crippen LogP contribution < -0.4 is 4.34 Å². The van der Waals surface area contributed by atoms with Crippen LogP contribution in [0.4, 0.5) is 5.69 Å². The molecule has 0 aliphatic rings. The van der Waals surface area contributed by atoms with Crippen molar-refractivity contribution in [2.24, 2.45) is 0 Å². The molecule has 0 saturated carbocycles. The number of benzene rings is 2. The van der Waals surface area contributed by atoms with Crippen LogP contribution >= 0.6 is 16.1 Å². The van der Waals surface area contributed by atoms with Crippen LogP contribution in [0.3, 0.4) is 0 Å². The second kappa shape index (κ2) is 4.29. The summed E-state index contributed by atoms with van der Waals surface area (Å²) < 4.78 is 2.92. The molecule has 0 radical (unpaired) electrons. The molecule has 0 heterocycles. The zero-order valence-corrected chi connectivity index (χ0v) is 9.16. The van der Waals surface area contributed by atoms with Crippen molar-refractivity contribution in [3.8, 4) is 11.1 Å². The molecule has 14 heavy (non-hydrogen) atoms. The van der Waals surface area contributed by atoms with Gasteiger partial charge in [0, 0.05) is 21.8 Å². The van der Waals surface area contributed by atoms with Gasteiger partial charge in [0.15, 0.2) is 0 Å². The van der Waals surface area contributed by atoms with Crippen LogP contribution in [0.1, 0.15) is 0 Å². The molecule has 0 amide bonds. The third kappa shape index (κ3) is 1.96. The molecule has 0 fully saturated rings. The van der Waals surface area contributed by atoms with Crippen LogP contribution in [0.2, 0.25) is 0 Å². The van der Waals surface area contributed by atoms with Gasteiger partial charge in [0.2, 0.25) is 0 Å². The molecule has 0 unspecified atom stereocenters. The SMILES string of the molecule is BrNc1ccc(-c2ccccc2)cc1. The first kappa shape index (κ1) is 9.28. The number of hydrogen-bond donors (Lipinski definition) is 1. The highest BCUT2D eigenvalue weighted by Gasteiger charge is 1.95. The van der Waals surface area contributed by atoms with E-state index in [1.807, 2.05) is 30.3 Å². The average Bonchev–Trinajstić information content (AvgIpc) is 2.30. The Hall–Kier alpha value is -1.28. The van der Waals surface area contributed by atoms with Gasteiger partial charge < -0.3 is 4.34 Å². The standard InChI is InChI=1S/C12H10BrN/c13-14-12-8-6-11(7-9-12)10-4-2-1-3-5-10/h1-9,14H. The first-order valence-electron chi connectivity index (χ1n) is 4.42. The number of anilines is 1. The van der Waals surface area contributed by atoms with Crippen molar-refractivity contribution in [1.29, 1.82) is 0 Å². The molecule has 70 valence electrons. The summed E-state index contributed by atoms with van der Waals surface area (Å²) in [7, 11) is 0. The van der Waals surface area contributed by atoms with Crippen LogP contribution in [0.15, 0.2) is 54.6 Å². The highest BCUT2D eigenvalue weighted by atomic mass is 79.9. The van der Waals surface area contributed by atoms with Crippen molar-refractivity contribution < 1.29 is 0 Å². The highest BCUT2D eigenvalue weighted by Crippen LogP contribution is 2.21. The predicted octanol–water partition coefficient (Wildman–Crippen LogP) is 4.08. The zero-order chi connectivity index (χ0) is 9.80. The molecule has 1 nitrogen and oxygen atoms in total. The maximum Gasteiger partial charge on any atom is 0.0465 e. The number of nitrogens with one attached hydrogen (secondary N) is 1. The van der Waals surface area contributed by atoms with Gasteiger partial charge in [0.05, 0.1) is 0 Å². The molecule has 0 aliphatic carbocycles. The van der Waals surface area contributed by atoms with E-state index in [1.54, 1.807) is 0 Å². The molecule has 2 aromatic carbocycles. The summed E-state index contributed by atoms with van der Waals surface area (Å²) in [5.74, 6) is 0.